The Morgan fingerprint density at radius 3 is 2.47 bits per heavy atom. The van der Waals surface area contributed by atoms with Gasteiger partial charge in [-0.3, -0.25) is 4.79 Å². The number of amides is 1. The van der Waals surface area contributed by atoms with E-state index in [1.165, 1.54) is 0 Å². The normalized spacial score (nSPS) is 10.2. The maximum absolute atomic E-state index is 11.4. The number of aliphatic hydroxyl groups excluding tert-OH is 1. The number of nitrogens with one attached hydrogen (secondary N) is 1. The summed E-state index contributed by atoms with van der Waals surface area (Å²) in [4.78, 5) is 11.4. The zero-order valence-electron chi connectivity index (χ0n) is 11.9. The highest BCUT2D eigenvalue weighted by atomic mass is 16.5. The van der Waals surface area contributed by atoms with Gasteiger partial charge in [-0.05, 0) is 31.0 Å². The van der Waals surface area contributed by atoms with Gasteiger partial charge in [-0.2, -0.15) is 0 Å². The molecule has 0 aliphatic rings. The lowest BCUT2D eigenvalue weighted by atomic mass is 10.0. The molecule has 19 heavy (non-hydrogen) atoms. The van der Waals surface area contributed by atoms with Crippen molar-refractivity contribution < 1.29 is 19.4 Å². The van der Waals surface area contributed by atoms with Gasteiger partial charge < -0.3 is 19.9 Å². The van der Waals surface area contributed by atoms with Crippen molar-refractivity contribution in [3.05, 3.63) is 22.8 Å². The second kappa shape index (κ2) is 6.99. The molecule has 0 atom stereocenters. The first kappa shape index (κ1) is 15.3. The minimum Gasteiger partial charge on any atom is -0.496 e. The van der Waals surface area contributed by atoms with E-state index in [1.54, 1.807) is 14.2 Å². The molecule has 0 aliphatic heterocycles. The van der Waals surface area contributed by atoms with Crippen LogP contribution in [-0.2, 0) is 11.3 Å². The Bertz CT molecular complexity index is 457. The molecule has 0 unspecified atom stereocenters. The van der Waals surface area contributed by atoms with E-state index in [4.69, 9.17) is 14.6 Å². The Hall–Kier alpha value is -1.75. The number of carbonyl (C=O) groups is 1. The summed E-state index contributed by atoms with van der Waals surface area (Å²) >= 11 is 0. The number of rotatable bonds is 6. The van der Waals surface area contributed by atoms with Crippen LogP contribution in [0.25, 0.3) is 0 Å². The monoisotopic (exact) mass is 267 g/mol. The molecule has 0 heterocycles. The molecule has 0 aromatic heterocycles. The lowest BCUT2D eigenvalue weighted by Crippen LogP contribution is -2.23. The van der Waals surface area contributed by atoms with Gasteiger partial charge in [0.1, 0.15) is 11.5 Å². The minimum atomic E-state index is -0.193. The predicted molar refractivity (Wildman–Crippen MR) is 72.6 cm³/mol. The van der Waals surface area contributed by atoms with Crippen LogP contribution in [0.15, 0.2) is 6.07 Å². The van der Waals surface area contributed by atoms with Gasteiger partial charge in [0.15, 0.2) is 0 Å². The minimum absolute atomic E-state index is 0.101. The molecule has 5 heteroatoms. The molecule has 0 radical (unpaired) electrons. The van der Waals surface area contributed by atoms with Crippen molar-refractivity contribution in [2.45, 2.75) is 26.8 Å². The molecule has 0 bridgehead atoms. The summed E-state index contributed by atoms with van der Waals surface area (Å²) in [6.07, 6.45) is 0.101. The van der Waals surface area contributed by atoms with Gasteiger partial charge in [-0.25, -0.2) is 0 Å². The van der Waals surface area contributed by atoms with Crippen LogP contribution in [0, 0.1) is 13.8 Å². The Morgan fingerprint density at radius 2 is 1.95 bits per heavy atom. The average molecular weight is 267 g/mol. The second-order valence-electron chi connectivity index (χ2n) is 4.27. The summed E-state index contributed by atoms with van der Waals surface area (Å²) in [6.45, 7) is 4.11. The Balaban J connectivity index is 2.99. The van der Waals surface area contributed by atoms with Crippen molar-refractivity contribution >= 4 is 5.91 Å². The standard InChI is InChI=1S/C14H21NO4/c1-9-10(2)14(19-4)11(7-12(9)18-3)8-15-13(17)5-6-16/h7,16H,5-6,8H2,1-4H3,(H,15,17). The van der Waals surface area contributed by atoms with Gasteiger partial charge in [-0.1, -0.05) is 0 Å². The van der Waals surface area contributed by atoms with Gasteiger partial charge in [0, 0.05) is 18.5 Å². The smallest absolute Gasteiger partial charge is 0.222 e. The topological polar surface area (TPSA) is 67.8 Å². The van der Waals surface area contributed by atoms with Crippen molar-refractivity contribution in [3.8, 4) is 11.5 Å². The summed E-state index contributed by atoms with van der Waals surface area (Å²) in [7, 11) is 3.22. The lowest BCUT2D eigenvalue weighted by Gasteiger charge is -2.17. The van der Waals surface area contributed by atoms with E-state index in [0.29, 0.717) is 6.54 Å². The molecule has 0 fully saturated rings. The number of methoxy groups -OCH3 is 2. The predicted octanol–water partition coefficient (Wildman–Crippen LogP) is 1.32. The van der Waals surface area contributed by atoms with E-state index in [0.717, 1.165) is 28.2 Å². The van der Waals surface area contributed by atoms with Crippen molar-refractivity contribution in [1.29, 1.82) is 0 Å². The number of aliphatic hydroxyl groups is 1. The van der Waals surface area contributed by atoms with Crippen LogP contribution >= 0.6 is 0 Å². The first-order chi connectivity index (χ1) is 9.04. The first-order valence-corrected chi connectivity index (χ1v) is 6.13. The average Bonchev–Trinajstić information content (AvgIpc) is 2.40. The third-order valence-electron chi connectivity index (χ3n) is 3.11. The molecule has 1 rings (SSSR count). The Kier molecular flexibility index (Phi) is 5.63. The van der Waals surface area contributed by atoms with Gasteiger partial charge >= 0.3 is 0 Å². The Labute approximate surface area is 113 Å². The largest absolute Gasteiger partial charge is 0.496 e. The number of hydrogen-bond acceptors (Lipinski definition) is 4. The molecule has 0 aliphatic carbocycles. The first-order valence-electron chi connectivity index (χ1n) is 6.13. The maximum atomic E-state index is 11.4. The molecule has 0 saturated heterocycles. The van der Waals surface area contributed by atoms with E-state index in [9.17, 15) is 4.79 Å². The molecular formula is C14H21NO4. The van der Waals surface area contributed by atoms with Crippen molar-refractivity contribution in [2.24, 2.45) is 0 Å². The van der Waals surface area contributed by atoms with Crippen molar-refractivity contribution in [1.82, 2.24) is 5.32 Å². The van der Waals surface area contributed by atoms with Gasteiger partial charge in [0.05, 0.1) is 20.8 Å². The Morgan fingerprint density at radius 1 is 1.26 bits per heavy atom. The van der Waals surface area contributed by atoms with Crippen LogP contribution in [0.2, 0.25) is 0 Å². The van der Waals surface area contributed by atoms with Crippen LogP contribution in [0.4, 0.5) is 0 Å². The highest BCUT2D eigenvalue weighted by Gasteiger charge is 2.14. The van der Waals surface area contributed by atoms with E-state index in [1.807, 2.05) is 19.9 Å². The van der Waals surface area contributed by atoms with Crippen LogP contribution in [0.3, 0.4) is 0 Å². The van der Waals surface area contributed by atoms with Crippen LogP contribution in [-0.4, -0.2) is 31.8 Å². The number of carbonyl (C=O) groups excluding carboxylic acids is 1. The number of ether oxygens (including phenoxy) is 2. The second-order valence-corrected chi connectivity index (χ2v) is 4.27. The fourth-order valence-corrected chi connectivity index (χ4v) is 1.94. The highest BCUT2D eigenvalue weighted by molar-refractivity contribution is 5.76. The van der Waals surface area contributed by atoms with Gasteiger partial charge in [-0.15, -0.1) is 0 Å². The maximum Gasteiger partial charge on any atom is 0.222 e. The quantitative estimate of drug-likeness (QED) is 0.815. The molecule has 0 spiro atoms. The fourth-order valence-electron chi connectivity index (χ4n) is 1.94. The summed E-state index contributed by atoms with van der Waals surface area (Å²) in [6, 6.07) is 1.86. The molecule has 2 N–H and O–H groups in total. The fraction of sp³-hybridized carbons (Fsp3) is 0.500. The highest BCUT2D eigenvalue weighted by Crippen LogP contribution is 2.33. The zero-order chi connectivity index (χ0) is 14.4. The number of benzene rings is 1. The van der Waals surface area contributed by atoms with Crippen LogP contribution in [0.5, 0.6) is 11.5 Å². The molecule has 106 valence electrons. The summed E-state index contributed by atoms with van der Waals surface area (Å²) < 4.78 is 10.7. The van der Waals surface area contributed by atoms with E-state index in [-0.39, 0.29) is 18.9 Å². The molecule has 0 saturated carbocycles. The van der Waals surface area contributed by atoms with Crippen LogP contribution in [0.1, 0.15) is 23.1 Å². The van der Waals surface area contributed by atoms with E-state index in [2.05, 4.69) is 5.32 Å². The van der Waals surface area contributed by atoms with Gasteiger partial charge in [0.2, 0.25) is 5.91 Å². The summed E-state index contributed by atoms with van der Waals surface area (Å²) in [5, 5.41) is 11.4. The molecule has 1 aromatic rings. The van der Waals surface area contributed by atoms with Crippen molar-refractivity contribution in [2.75, 3.05) is 20.8 Å². The van der Waals surface area contributed by atoms with Crippen molar-refractivity contribution in [3.63, 3.8) is 0 Å². The molecular weight excluding hydrogens is 246 g/mol. The van der Waals surface area contributed by atoms with E-state index >= 15 is 0 Å². The van der Waals surface area contributed by atoms with Crippen LogP contribution < -0.4 is 14.8 Å². The van der Waals surface area contributed by atoms with E-state index < -0.39 is 0 Å². The molecule has 5 nitrogen and oxygen atoms in total. The number of hydrogen-bond donors (Lipinski definition) is 2. The summed E-state index contributed by atoms with van der Waals surface area (Å²) in [5.41, 5.74) is 2.87. The third-order valence-corrected chi connectivity index (χ3v) is 3.11. The van der Waals surface area contributed by atoms with Gasteiger partial charge in [0.25, 0.3) is 0 Å². The summed E-state index contributed by atoms with van der Waals surface area (Å²) in [5.74, 6) is 1.33. The lowest BCUT2D eigenvalue weighted by molar-refractivity contribution is -0.121. The molecule has 1 aromatic carbocycles. The zero-order valence-corrected chi connectivity index (χ0v) is 11.9. The third kappa shape index (κ3) is 3.61. The SMILES string of the molecule is COc1cc(CNC(=O)CCO)c(OC)c(C)c1C. The molecule has 1 amide bonds.